The zero-order valence-electron chi connectivity index (χ0n) is 13.9. The van der Waals surface area contributed by atoms with Gasteiger partial charge in [0.1, 0.15) is 6.54 Å². The minimum Gasteiger partial charge on any atom is -0.338 e. The van der Waals surface area contributed by atoms with E-state index in [1.807, 2.05) is 42.2 Å². The quantitative estimate of drug-likeness (QED) is 0.816. The Kier molecular flexibility index (Phi) is 5.34. The van der Waals surface area contributed by atoms with Crippen molar-refractivity contribution in [3.8, 4) is 0 Å². The Balaban J connectivity index is 1.61. The summed E-state index contributed by atoms with van der Waals surface area (Å²) in [7, 11) is 4.00. The summed E-state index contributed by atoms with van der Waals surface area (Å²) in [6.45, 7) is 3.50. The van der Waals surface area contributed by atoms with Crippen molar-refractivity contribution in [2.75, 3.05) is 46.8 Å². The molecule has 2 amide bonds. The second kappa shape index (κ2) is 7.31. The molecule has 2 heterocycles. The molecule has 0 unspecified atom stereocenters. The van der Waals surface area contributed by atoms with Crippen LogP contribution in [0.3, 0.4) is 0 Å². The van der Waals surface area contributed by atoms with Gasteiger partial charge in [0.15, 0.2) is 0 Å². The monoisotopic (exact) mass is 368 g/mol. The van der Waals surface area contributed by atoms with Gasteiger partial charge in [0.25, 0.3) is 5.24 Å². The number of hydrogen-bond donors (Lipinski definition) is 0. The van der Waals surface area contributed by atoms with Gasteiger partial charge < -0.3 is 9.80 Å². The van der Waals surface area contributed by atoms with Crippen LogP contribution in [0.1, 0.15) is 5.56 Å². The minimum atomic E-state index is -0.0926. The number of hydrazine groups is 1. The lowest BCUT2D eigenvalue weighted by Gasteiger charge is -2.38. The standard InChI is InChI=1S/C16H21ClN4O2S/c1-18(2)21-8-6-19(7-9-21)15(22)11-20-10-12-13(17)4-3-5-14(12)24-16(20)23/h3-5H,6-11H2,1-2H3. The molecule has 2 aliphatic heterocycles. The molecule has 2 aliphatic rings. The lowest BCUT2D eigenvalue weighted by molar-refractivity contribution is -0.136. The number of rotatable bonds is 3. The van der Waals surface area contributed by atoms with E-state index in [1.165, 1.54) is 0 Å². The summed E-state index contributed by atoms with van der Waals surface area (Å²) >= 11 is 7.37. The van der Waals surface area contributed by atoms with Crippen molar-refractivity contribution in [2.45, 2.75) is 11.4 Å². The van der Waals surface area contributed by atoms with E-state index in [0.717, 1.165) is 35.3 Å². The summed E-state index contributed by atoms with van der Waals surface area (Å²) in [6, 6.07) is 5.55. The number of hydrogen-bond acceptors (Lipinski definition) is 5. The molecule has 0 aliphatic carbocycles. The number of thioether (sulfide) groups is 1. The third kappa shape index (κ3) is 3.69. The Hall–Kier alpha value is -1.28. The maximum atomic E-state index is 12.5. The first-order valence-electron chi connectivity index (χ1n) is 7.90. The van der Waals surface area contributed by atoms with Gasteiger partial charge in [-0.2, -0.15) is 0 Å². The molecular formula is C16H21ClN4O2S. The maximum Gasteiger partial charge on any atom is 0.287 e. The molecule has 0 N–H and O–H groups in total. The number of carbonyl (C=O) groups is 2. The van der Waals surface area contributed by atoms with E-state index in [9.17, 15) is 9.59 Å². The Bertz CT molecular complexity index is 647. The average Bonchev–Trinajstić information content (AvgIpc) is 2.56. The molecule has 0 aromatic heterocycles. The maximum absolute atomic E-state index is 12.5. The van der Waals surface area contributed by atoms with Crippen LogP contribution in [0.15, 0.2) is 23.1 Å². The highest BCUT2D eigenvalue weighted by atomic mass is 35.5. The predicted molar refractivity (Wildman–Crippen MR) is 95.0 cm³/mol. The van der Waals surface area contributed by atoms with Crippen LogP contribution in [-0.4, -0.2) is 77.8 Å². The molecule has 0 radical (unpaired) electrons. The Morgan fingerprint density at radius 2 is 1.96 bits per heavy atom. The molecule has 24 heavy (non-hydrogen) atoms. The van der Waals surface area contributed by atoms with Gasteiger partial charge in [0.05, 0.1) is 0 Å². The largest absolute Gasteiger partial charge is 0.338 e. The van der Waals surface area contributed by atoms with Gasteiger partial charge in [-0.25, -0.2) is 10.0 Å². The molecule has 0 bridgehead atoms. The number of benzene rings is 1. The lowest BCUT2D eigenvalue weighted by atomic mass is 10.2. The average molecular weight is 369 g/mol. The third-order valence-electron chi connectivity index (χ3n) is 4.38. The molecule has 1 saturated heterocycles. The van der Waals surface area contributed by atoms with E-state index in [2.05, 4.69) is 5.01 Å². The fraction of sp³-hybridized carbons (Fsp3) is 0.500. The van der Waals surface area contributed by atoms with Crippen LogP contribution in [-0.2, 0) is 11.3 Å². The highest BCUT2D eigenvalue weighted by molar-refractivity contribution is 8.13. The van der Waals surface area contributed by atoms with Gasteiger partial charge in [-0.3, -0.25) is 9.59 Å². The van der Waals surface area contributed by atoms with Gasteiger partial charge in [-0.15, -0.1) is 0 Å². The van der Waals surface area contributed by atoms with Crippen molar-refractivity contribution < 1.29 is 9.59 Å². The topological polar surface area (TPSA) is 47.1 Å². The number of fused-ring (bicyclic) bond motifs is 1. The fourth-order valence-electron chi connectivity index (χ4n) is 2.93. The highest BCUT2D eigenvalue weighted by Gasteiger charge is 2.29. The Morgan fingerprint density at radius 3 is 2.62 bits per heavy atom. The molecule has 130 valence electrons. The minimum absolute atomic E-state index is 0.00198. The number of halogens is 1. The van der Waals surface area contributed by atoms with E-state index in [0.29, 0.717) is 24.7 Å². The SMILES string of the molecule is CN(C)N1CCN(C(=O)CN2Cc3c(Cl)cccc3SC2=O)CC1. The van der Waals surface area contributed by atoms with Crippen LogP contribution in [0.2, 0.25) is 5.02 Å². The van der Waals surface area contributed by atoms with Gasteiger partial charge in [0.2, 0.25) is 5.91 Å². The van der Waals surface area contributed by atoms with Crippen molar-refractivity contribution in [3.05, 3.63) is 28.8 Å². The van der Waals surface area contributed by atoms with E-state index >= 15 is 0 Å². The van der Waals surface area contributed by atoms with Gasteiger partial charge >= 0.3 is 0 Å². The number of amides is 2. The second-order valence-corrected chi connectivity index (χ2v) is 7.52. The van der Waals surface area contributed by atoms with Crippen LogP contribution in [0.25, 0.3) is 0 Å². The summed E-state index contributed by atoms with van der Waals surface area (Å²) in [5, 5.41) is 4.79. The van der Waals surface area contributed by atoms with Crippen LogP contribution >= 0.6 is 23.4 Å². The molecule has 0 atom stereocenters. The van der Waals surface area contributed by atoms with Crippen molar-refractivity contribution in [1.29, 1.82) is 0 Å². The lowest BCUT2D eigenvalue weighted by Crippen LogP contribution is -2.54. The zero-order chi connectivity index (χ0) is 17.3. The van der Waals surface area contributed by atoms with Crippen LogP contribution in [0.5, 0.6) is 0 Å². The smallest absolute Gasteiger partial charge is 0.287 e. The molecular weight excluding hydrogens is 348 g/mol. The Labute approximate surface area is 151 Å². The predicted octanol–water partition coefficient (Wildman–Crippen LogP) is 1.99. The van der Waals surface area contributed by atoms with E-state index in [1.54, 1.807) is 4.90 Å². The first-order chi connectivity index (χ1) is 11.5. The summed E-state index contributed by atoms with van der Waals surface area (Å²) in [6.07, 6.45) is 0. The van der Waals surface area contributed by atoms with Crippen molar-refractivity contribution in [3.63, 3.8) is 0 Å². The van der Waals surface area contributed by atoms with Gasteiger partial charge in [0, 0.05) is 62.3 Å². The number of nitrogens with zero attached hydrogens (tertiary/aromatic N) is 4. The second-order valence-electron chi connectivity index (χ2n) is 6.12. The van der Waals surface area contributed by atoms with E-state index in [4.69, 9.17) is 11.6 Å². The van der Waals surface area contributed by atoms with Crippen LogP contribution < -0.4 is 0 Å². The van der Waals surface area contributed by atoms with E-state index in [-0.39, 0.29) is 17.7 Å². The van der Waals surface area contributed by atoms with E-state index < -0.39 is 0 Å². The third-order valence-corrected chi connectivity index (χ3v) is 5.77. The first kappa shape index (κ1) is 17.5. The summed E-state index contributed by atoms with van der Waals surface area (Å²) in [5.74, 6) is -0.00198. The van der Waals surface area contributed by atoms with Crippen molar-refractivity contribution in [1.82, 2.24) is 19.8 Å². The van der Waals surface area contributed by atoms with Gasteiger partial charge in [-0.05, 0) is 23.9 Å². The Morgan fingerprint density at radius 1 is 1.25 bits per heavy atom. The molecule has 1 fully saturated rings. The van der Waals surface area contributed by atoms with Crippen LogP contribution in [0.4, 0.5) is 4.79 Å². The molecule has 0 spiro atoms. The van der Waals surface area contributed by atoms with Gasteiger partial charge in [-0.1, -0.05) is 17.7 Å². The highest BCUT2D eigenvalue weighted by Crippen LogP contribution is 2.35. The molecule has 8 heteroatoms. The summed E-state index contributed by atoms with van der Waals surface area (Å²) in [5.41, 5.74) is 0.925. The molecule has 1 aromatic rings. The summed E-state index contributed by atoms with van der Waals surface area (Å²) in [4.78, 5) is 29.1. The van der Waals surface area contributed by atoms with Crippen LogP contribution in [0, 0.1) is 0 Å². The number of piperazine rings is 1. The molecule has 1 aromatic carbocycles. The molecule has 3 rings (SSSR count). The van der Waals surface area contributed by atoms with Crippen molar-refractivity contribution >= 4 is 34.5 Å². The number of carbonyl (C=O) groups excluding carboxylic acids is 2. The normalized spacial score (nSPS) is 18.9. The molecule has 0 saturated carbocycles. The first-order valence-corrected chi connectivity index (χ1v) is 9.09. The summed E-state index contributed by atoms with van der Waals surface area (Å²) < 4.78 is 0. The molecule has 6 nitrogen and oxygen atoms in total. The van der Waals surface area contributed by atoms with Crippen molar-refractivity contribution in [2.24, 2.45) is 0 Å². The zero-order valence-corrected chi connectivity index (χ0v) is 15.4. The fourth-order valence-corrected chi connectivity index (χ4v) is 4.11.